The van der Waals surface area contributed by atoms with Gasteiger partial charge in [-0.2, -0.15) is 4.98 Å². The first-order chi connectivity index (χ1) is 11.3. The number of nitrogens with zero attached hydrogens (tertiary/aromatic N) is 3. The number of carbonyl (C=O) groups is 1. The monoisotopic (exact) mass is 312 g/mol. The average molecular weight is 312 g/mol. The van der Waals surface area contributed by atoms with Gasteiger partial charge >= 0.3 is 5.97 Å². The van der Waals surface area contributed by atoms with Gasteiger partial charge in [0.2, 0.25) is 5.69 Å². The smallest absolute Gasteiger partial charge is 0.361 e. The highest BCUT2D eigenvalue weighted by Gasteiger charge is 2.21. The summed E-state index contributed by atoms with van der Waals surface area (Å²) < 4.78 is 10.1. The van der Waals surface area contributed by atoms with Gasteiger partial charge < -0.3 is 14.6 Å². The zero-order valence-electron chi connectivity index (χ0n) is 12.7. The van der Waals surface area contributed by atoms with Crippen molar-refractivity contribution >= 4 is 22.9 Å². The van der Waals surface area contributed by atoms with Crippen LogP contribution in [0.25, 0.3) is 11.1 Å². The molecule has 2 aromatic heterocycles. The number of anilines is 1. The summed E-state index contributed by atoms with van der Waals surface area (Å²) in [7, 11) is 0. The molecular formula is C16H16N4O3. The lowest BCUT2D eigenvalue weighted by Gasteiger charge is -2.06. The summed E-state index contributed by atoms with van der Waals surface area (Å²) in [5.74, 6) is -0.0395. The fourth-order valence-corrected chi connectivity index (χ4v) is 2.23. The highest BCUT2D eigenvalue weighted by Crippen LogP contribution is 2.23. The zero-order chi connectivity index (χ0) is 16.1. The second kappa shape index (κ2) is 6.87. The van der Waals surface area contributed by atoms with Crippen molar-refractivity contribution in [2.45, 2.75) is 13.3 Å². The Balaban J connectivity index is 1.80. The Morgan fingerprint density at radius 2 is 2.09 bits per heavy atom. The number of carbonyl (C=O) groups excluding carboxylic acids is 1. The van der Waals surface area contributed by atoms with Crippen LogP contribution in [0.2, 0.25) is 0 Å². The van der Waals surface area contributed by atoms with Crippen LogP contribution in [0.1, 0.15) is 23.0 Å². The van der Waals surface area contributed by atoms with E-state index in [1.54, 1.807) is 6.92 Å². The van der Waals surface area contributed by atoms with Gasteiger partial charge in [-0.25, -0.2) is 9.78 Å². The summed E-state index contributed by atoms with van der Waals surface area (Å²) in [6.07, 6.45) is 2.19. The minimum absolute atomic E-state index is 0.0876. The number of rotatable bonds is 6. The fraction of sp³-hybridized carbons (Fsp3) is 0.250. The third kappa shape index (κ3) is 3.28. The number of hydrogen-bond donors (Lipinski definition) is 1. The Morgan fingerprint density at radius 1 is 1.26 bits per heavy atom. The predicted octanol–water partition coefficient (Wildman–Crippen LogP) is 2.45. The Kier molecular flexibility index (Phi) is 4.46. The molecule has 7 nitrogen and oxygen atoms in total. The summed E-state index contributed by atoms with van der Waals surface area (Å²) >= 11 is 0. The van der Waals surface area contributed by atoms with E-state index in [1.807, 2.05) is 18.2 Å². The highest BCUT2D eigenvalue weighted by molar-refractivity contribution is 6.04. The SMILES string of the molecule is CCOC(=O)c1noc2ncnc(NCCc3ccccc3)c12. The predicted molar refractivity (Wildman–Crippen MR) is 84.2 cm³/mol. The van der Waals surface area contributed by atoms with Crippen LogP contribution in [0.4, 0.5) is 5.82 Å². The van der Waals surface area contributed by atoms with Gasteiger partial charge in [-0.1, -0.05) is 35.5 Å². The minimum atomic E-state index is -0.549. The minimum Gasteiger partial charge on any atom is -0.461 e. The molecule has 3 aromatic rings. The van der Waals surface area contributed by atoms with E-state index in [4.69, 9.17) is 9.26 Å². The van der Waals surface area contributed by atoms with Gasteiger partial charge in [-0.3, -0.25) is 0 Å². The molecule has 0 atom stereocenters. The van der Waals surface area contributed by atoms with E-state index >= 15 is 0 Å². The molecule has 2 heterocycles. The van der Waals surface area contributed by atoms with Crippen LogP contribution in [-0.2, 0) is 11.2 Å². The molecule has 0 bridgehead atoms. The standard InChI is InChI=1S/C16H16N4O3/c1-2-22-16(21)13-12-14(18-10-19-15(12)23-20-13)17-9-8-11-6-4-3-5-7-11/h3-7,10H,2,8-9H2,1H3,(H,17,18,19). The first-order valence-corrected chi connectivity index (χ1v) is 7.35. The third-order valence-corrected chi connectivity index (χ3v) is 3.29. The number of hydrogen-bond acceptors (Lipinski definition) is 7. The van der Waals surface area contributed by atoms with Gasteiger partial charge in [-0.15, -0.1) is 0 Å². The van der Waals surface area contributed by atoms with Crippen LogP contribution in [0.3, 0.4) is 0 Å². The quantitative estimate of drug-likeness (QED) is 0.699. The molecule has 3 rings (SSSR count). The second-order valence-electron chi connectivity index (χ2n) is 4.82. The lowest BCUT2D eigenvalue weighted by Crippen LogP contribution is -2.10. The van der Waals surface area contributed by atoms with Crippen molar-refractivity contribution in [1.82, 2.24) is 15.1 Å². The number of aromatic nitrogens is 3. The maximum absolute atomic E-state index is 11.9. The molecule has 7 heteroatoms. The summed E-state index contributed by atoms with van der Waals surface area (Å²) in [4.78, 5) is 20.1. The van der Waals surface area contributed by atoms with Crippen molar-refractivity contribution in [2.75, 3.05) is 18.5 Å². The number of fused-ring (bicyclic) bond motifs is 1. The molecule has 0 aliphatic carbocycles. The van der Waals surface area contributed by atoms with Gasteiger partial charge in [0.25, 0.3) is 5.71 Å². The van der Waals surface area contributed by atoms with Crippen LogP contribution in [-0.4, -0.2) is 34.2 Å². The van der Waals surface area contributed by atoms with E-state index in [0.29, 0.717) is 17.7 Å². The molecule has 0 radical (unpaired) electrons. The number of benzene rings is 1. The van der Waals surface area contributed by atoms with Crippen molar-refractivity contribution in [3.63, 3.8) is 0 Å². The maximum Gasteiger partial charge on any atom is 0.361 e. The van der Waals surface area contributed by atoms with E-state index in [2.05, 4.69) is 32.6 Å². The van der Waals surface area contributed by atoms with E-state index < -0.39 is 5.97 Å². The molecule has 0 aliphatic rings. The molecule has 0 amide bonds. The van der Waals surface area contributed by atoms with E-state index in [9.17, 15) is 4.79 Å². The van der Waals surface area contributed by atoms with Crippen LogP contribution < -0.4 is 5.32 Å². The van der Waals surface area contributed by atoms with E-state index in [1.165, 1.54) is 11.9 Å². The maximum atomic E-state index is 11.9. The van der Waals surface area contributed by atoms with Crippen molar-refractivity contribution in [1.29, 1.82) is 0 Å². The molecule has 0 fully saturated rings. The van der Waals surface area contributed by atoms with Gasteiger partial charge in [0.1, 0.15) is 17.5 Å². The molecule has 0 unspecified atom stereocenters. The number of nitrogens with one attached hydrogen (secondary N) is 1. The molecular weight excluding hydrogens is 296 g/mol. The summed E-state index contributed by atoms with van der Waals surface area (Å²) in [5, 5.41) is 7.39. The Morgan fingerprint density at radius 3 is 2.87 bits per heavy atom. The Bertz CT molecular complexity index is 801. The van der Waals surface area contributed by atoms with Crippen LogP contribution >= 0.6 is 0 Å². The summed E-state index contributed by atoms with van der Waals surface area (Å²) in [6.45, 7) is 2.65. The van der Waals surface area contributed by atoms with Crippen molar-refractivity contribution in [2.24, 2.45) is 0 Å². The lowest BCUT2D eigenvalue weighted by molar-refractivity contribution is 0.0517. The molecule has 23 heavy (non-hydrogen) atoms. The van der Waals surface area contributed by atoms with Gasteiger partial charge in [0.15, 0.2) is 0 Å². The average Bonchev–Trinajstić information content (AvgIpc) is 3.01. The largest absolute Gasteiger partial charge is 0.461 e. The van der Waals surface area contributed by atoms with Crippen molar-refractivity contribution in [3.05, 3.63) is 47.9 Å². The van der Waals surface area contributed by atoms with Crippen molar-refractivity contribution in [3.8, 4) is 0 Å². The molecule has 118 valence electrons. The van der Waals surface area contributed by atoms with Crippen molar-refractivity contribution < 1.29 is 14.1 Å². The van der Waals surface area contributed by atoms with Crippen LogP contribution in [0, 0.1) is 0 Å². The van der Waals surface area contributed by atoms with Crippen LogP contribution in [0.5, 0.6) is 0 Å². The fourth-order valence-electron chi connectivity index (χ4n) is 2.23. The summed E-state index contributed by atoms with van der Waals surface area (Å²) in [6, 6.07) is 10.1. The topological polar surface area (TPSA) is 90.1 Å². The third-order valence-electron chi connectivity index (χ3n) is 3.29. The number of esters is 1. The molecule has 1 N–H and O–H groups in total. The highest BCUT2D eigenvalue weighted by atomic mass is 16.5. The van der Waals surface area contributed by atoms with E-state index in [-0.39, 0.29) is 18.0 Å². The Hall–Kier alpha value is -2.96. The first-order valence-electron chi connectivity index (χ1n) is 7.35. The van der Waals surface area contributed by atoms with Gasteiger partial charge in [0.05, 0.1) is 6.61 Å². The normalized spacial score (nSPS) is 10.7. The van der Waals surface area contributed by atoms with Gasteiger partial charge in [0, 0.05) is 6.54 Å². The first kappa shape index (κ1) is 15.0. The lowest BCUT2D eigenvalue weighted by atomic mass is 10.1. The Labute approximate surface area is 132 Å². The summed E-state index contributed by atoms with van der Waals surface area (Å²) in [5.41, 5.74) is 1.55. The molecule has 0 spiro atoms. The van der Waals surface area contributed by atoms with Crippen LogP contribution in [0.15, 0.2) is 41.2 Å². The molecule has 1 aromatic carbocycles. The zero-order valence-corrected chi connectivity index (χ0v) is 12.7. The molecule has 0 saturated heterocycles. The number of ether oxygens (including phenoxy) is 1. The van der Waals surface area contributed by atoms with E-state index in [0.717, 1.165) is 6.42 Å². The molecule has 0 aliphatic heterocycles. The van der Waals surface area contributed by atoms with Gasteiger partial charge in [-0.05, 0) is 18.9 Å². The second-order valence-corrected chi connectivity index (χ2v) is 4.82. The molecule has 0 saturated carbocycles.